The summed E-state index contributed by atoms with van der Waals surface area (Å²) in [5.41, 5.74) is 0. The SMILES string of the molecule is CCCCC[C@@H](O)C(Cl)(Cl)Cl. The topological polar surface area (TPSA) is 20.2 Å². The van der Waals surface area contributed by atoms with E-state index >= 15 is 0 Å². The minimum atomic E-state index is -1.52. The van der Waals surface area contributed by atoms with Crippen molar-refractivity contribution in [3.05, 3.63) is 0 Å². The predicted octanol–water partition coefficient (Wildman–Crippen LogP) is 3.30. The van der Waals surface area contributed by atoms with E-state index in [9.17, 15) is 5.11 Å². The molecule has 1 N–H and O–H groups in total. The molecule has 0 saturated carbocycles. The number of unbranched alkanes of at least 4 members (excludes halogenated alkanes) is 2. The Morgan fingerprint density at radius 2 is 1.82 bits per heavy atom. The van der Waals surface area contributed by atoms with Crippen LogP contribution in [0.4, 0.5) is 0 Å². The lowest BCUT2D eigenvalue weighted by atomic mass is 10.1. The van der Waals surface area contributed by atoms with Crippen molar-refractivity contribution < 1.29 is 5.11 Å². The van der Waals surface area contributed by atoms with Gasteiger partial charge in [0.1, 0.15) is 6.10 Å². The van der Waals surface area contributed by atoms with Crippen LogP contribution in [0, 0.1) is 0 Å². The van der Waals surface area contributed by atoms with Gasteiger partial charge in [-0.3, -0.25) is 0 Å². The maximum atomic E-state index is 9.22. The standard InChI is InChI=1S/C7H13Cl3O/c1-2-3-4-5-6(11)7(8,9)10/h6,11H,2-5H2,1H3/t6-/m1/s1. The number of hydrogen-bond donors (Lipinski definition) is 1. The third kappa shape index (κ3) is 6.03. The first-order valence-corrected chi connectivity index (χ1v) is 4.86. The molecule has 0 radical (unpaired) electrons. The first kappa shape index (κ1) is 11.8. The molecule has 0 fully saturated rings. The lowest BCUT2D eigenvalue weighted by Crippen LogP contribution is -2.24. The first-order valence-electron chi connectivity index (χ1n) is 3.73. The largest absolute Gasteiger partial charge is 0.389 e. The summed E-state index contributed by atoms with van der Waals surface area (Å²) < 4.78 is -1.52. The van der Waals surface area contributed by atoms with Crippen molar-refractivity contribution >= 4 is 34.8 Å². The van der Waals surface area contributed by atoms with Gasteiger partial charge in [0.2, 0.25) is 3.79 Å². The smallest absolute Gasteiger partial charge is 0.216 e. The van der Waals surface area contributed by atoms with Crippen LogP contribution in [0.2, 0.25) is 0 Å². The Morgan fingerprint density at radius 1 is 1.27 bits per heavy atom. The van der Waals surface area contributed by atoms with Crippen molar-refractivity contribution in [2.75, 3.05) is 0 Å². The van der Waals surface area contributed by atoms with Gasteiger partial charge >= 0.3 is 0 Å². The minimum absolute atomic E-state index is 0.560. The van der Waals surface area contributed by atoms with E-state index in [2.05, 4.69) is 6.92 Å². The third-order valence-corrected chi connectivity index (χ3v) is 2.21. The maximum Gasteiger partial charge on any atom is 0.216 e. The van der Waals surface area contributed by atoms with Gasteiger partial charge < -0.3 is 5.11 Å². The highest BCUT2D eigenvalue weighted by Crippen LogP contribution is 2.32. The molecule has 11 heavy (non-hydrogen) atoms. The molecule has 4 heteroatoms. The molecule has 0 aliphatic heterocycles. The monoisotopic (exact) mass is 218 g/mol. The van der Waals surface area contributed by atoms with Crippen molar-refractivity contribution in [1.82, 2.24) is 0 Å². The van der Waals surface area contributed by atoms with E-state index in [0.29, 0.717) is 6.42 Å². The molecule has 0 heterocycles. The van der Waals surface area contributed by atoms with Gasteiger partial charge in [-0.25, -0.2) is 0 Å². The number of aliphatic hydroxyl groups excluding tert-OH is 1. The Kier molecular flexibility index (Phi) is 5.88. The van der Waals surface area contributed by atoms with Crippen LogP contribution >= 0.6 is 34.8 Å². The average molecular weight is 220 g/mol. The molecule has 0 amide bonds. The Hall–Kier alpha value is 0.830. The zero-order valence-corrected chi connectivity index (χ0v) is 8.75. The Labute approximate surface area is 82.6 Å². The fourth-order valence-electron chi connectivity index (χ4n) is 0.751. The number of halogens is 3. The second kappa shape index (κ2) is 5.47. The Morgan fingerprint density at radius 3 is 2.18 bits per heavy atom. The van der Waals surface area contributed by atoms with E-state index in [-0.39, 0.29) is 0 Å². The number of aliphatic hydroxyl groups is 1. The maximum absolute atomic E-state index is 9.22. The molecule has 0 saturated heterocycles. The van der Waals surface area contributed by atoms with Crippen molar-refractivity contribution in [3.63, 3.8) is 0 Å². The summed E-state index contributed by atoms with van der Waals surface area (Å²) in [6.07, 6.45) is 2.80. The molecule has 0 aliphatic rings. The Bertz CT molecular complexity index is 100. The van der Waals surface area contributed by atoms with Crippen LogP contribution in [-0.4, -0.2) is 15.0 Å². The van der Waals surface area contributed by atoms with E-state index < -0.39 is 9.90 Å². The lowest BCUT2D eigenvalue weighted by molar-refractivity contribution is 0.165. The molecule has 1 atom stereocenters. The summed E-state index contributed by atoms with van der Waals surface area (Å²) >= 11 is 16.3. The predicted molar refractivity (Wildman–Crippen MR) is 50.4 cm³/mol. The van der Waals surface area contributed by atoms with Crippen LogP contribution < -0.4 is 0 Å². The summed E-state index contributed by atoms with van der Waals surface area (Å²) in [6, 6.07) is 0. The summed E-state index contributed by atoms with van der Waals surface area (Å²) in [7, 11) is 0. The number of rotatable bonds is 4. The lowest BCUT2D eigenvalue weighted by Gasteiger charge is -2.18. The minimum Gasteiger partial charge on any atom is -0.389 e. The van der Waals surface area contributed by atoms with Gasteiger partial charge in [0, 0.05) is 0 Å². The highest BCUT2D eigenvalue weighted by Gasteiger charge is 2.29. The van der Waals surface area contributed by atoms with E-state index in [1.54, 1.807) is 0 Å². The summed E-state index contributed by atoms with van der Waals surface area (Å²) in [5.74, 6) is 0. The van der Waals surface area contributed by atoms with E-state index in [1.807, 2.05) is 0 Å². The fourth-order valence-corrected chi connectivity index (χ4v) is 1.08. The van der Waals surface area contributed by atoms with Crippen LogP contribution in [0.3, 0.4) is 0 Å². The molecule has 1 nitrogen and oxygen atoms in total. The zero-order valence-electron chi connectivity index (χ0n) is 6.49. The molecular weight excluding hydrogens is 206 g/mol. The molecule has 68 valence electrons. The summed E-state index contributed by atoms with van der Waals surface area (Å²) in [6.45, 7) is 2.09. The molecule has 0 aromatic rings. The van der Waals surface area contributed by atoms with Crippen molar-refractivity contribution in [2.24, 2.45) is 0 Å². The molecule has 0 rings (SSSR count). The average Bonchev–Trinajstić information content (AvgIpc) is 1.86. The fraction of sp³-hybridized carbons (Fsp3) is 1.00. The second-order valence-corrected chi connectivity index (χ2v) is 4.92. The number of alkyl halides is 3. The highest BCUT2D eigenvalue weighted by atomic mass is 35.6. The van der Waals surface area contributed by atoms with Crippen molar-refractivity contribution in [3.8, 4) is 0 Å². The number of hydrogen-bond acceptors (Lipinski definition) is 1. The van der Waals surface area contributed by atoms with E-state index in [1.165, 1.54) is 0 Å². The van der Waals surface area contributed by atoms with Crippen LogP contribution in [0.1, 0.15) is 32.6 Å². The van der Waals surface area contributed by atoms with Gasteiger partial charge in [-0.1, -0.05) is 61.0 Å². The quantitative estimate of drug-likeness (QED) is 0.568. The van der Waals surface area contributed by atoms with Gasteiger partial charge in [-0.2, -0.15) is 0 Å². The molecule has 0 spiro atoms. The molecule has 0 aliphatic carbocycles. The van der Waals surface area contributed by atoms with E-state index in [4.69, 9.17) is 34.8 Å². The normalized spacial score (nSPS) is 15.0. The van der Waals surface area contributed by atoms with Gasteiger partial charge in [0.15, 0.2) is 0 Å². The van der Waals surface area contributed by atoms with Gasteiger partial charge in [-0.05, 0) is 6.42 Å². The molecule has 0 aromatic carbocycles. The van der Waals surface area contributed by atoms with Crippen LogP contribution in [0.25, 0.3) is 0 Å². The first-order chi connectivity index (χ1) is 4.98. The second-order valence-electron chi connectivity index (χ2n) is 2.55. The molecule has 0 bridgehead atoms. The zero-order chi connectivity index (χ0) is 8.91. The molecule has 0 unspecified atom stereocenters. The van der Waals surface area contributed by atoms with Crippen molar-refractivity contribution in [2.45, 2.75) is 42.5 Å². The van der Waals surface area contributed by atoms with E-state index in [0.717, 1.165) is 19.3 Å². The summed E-state index contributed by atoms with van der Waals surface area (Å²) in [4.78, 5) is 0. The highest BCUT2D eigenvalue weighted by molar-refractivity contribution is 6.68. The molecule has 0 aromatic heterocycles. The van der Waals surface area contributed by atoms with Gasteiger partial charge in [-0.15, -0.1) is 0 Å². The summed E-state index contributed by atoms with van der Waals surface area (Å²) in [5, 5.41) is 9.22. The van der Waals surface area contributed by atoms with Crippen LogP contribution in [-0.2, 0) is 0 Å². The van der Waals surface area contributed by atoms with Crippen molar-refractivity contribution in [1.29, 1.82) is 0 Å². The third-order valence-electron chi connectivity index (χ3n) is 1.46. The van der Waals surface area contributed by atoms with Gasteiger partial charge in [0.05, 0.1) is 0 Å². The van der Waals surface area contributed by atoms with Gasteiger partial charge in [0.25, 0.3) is 0 Å². The van der Waals surface area contributed by atoms with Crippen LogP contribution in [0.5, 0.6) is 0 Å². The van der Waals surface area contributed by atoms with Crippen LogP contribution in [0.15, 0.2) is 0 Å². The Balaban J connectivity index is 3.44. The molecular formula is C7H13Cl3O.